The van der Waals surface area contributed by atoms with Gasteiger partial charge in [0.05, 0.1) is 17.9 Å². The molecule has 2 aromatic heterocycles. The van der Waals surface area contributed by atoms with E-state index in [2.05, 4.69) is 40.3 Å². The Hall–Kier alpha value is -1.88. The van der Waals surface area contributed by atoms with E-state index >= 15 is 0 Å². The lowest BCUT2D eigenvalue weighted by atomic mass is 10.1. The van der Waals surface area contributed by atoms with E-state index in [-0.39, 0.29) is 0 Å². The summed E-state index contributed by atoms with van der Waals surface area (Å²) in [5, 5.41) is 5.63. The first kappa shape index (κ1) is 11.0. The van der Waals surface area contributed by atoms with Crippen LogP contribution in [0.4, 0.5) is 5.69 Å². The monoisotopic (exact) mass is 270 g/mol. The molecule has 0 fully saturated rings. The molecule has 4 rings (SSSR count). The number of aromatic nitrogens is 3. The molecule has 1 aliphatic heterocycles. The molecule has 1 aromatic carbocycles. The van der Waals surface area contributed by atoms with Crippen molar-refractivity contribution in [2.45, 2.75) is 19.9 Å². The molecule has 0 atom stereocenters. The molecule has 3 aromatic rings. The van der Waals surface area contributed by atoms with E-state index in [0.717, 1.165) is 29.5 Å². The summed E-state index contributed by atoms with van der Waals surface area (Å²) in [6.07, 6.45) is 0.999. The largest absolute Gasteiger partial charge is 0.365 e. The summed E-state index contributed by atoms with van der Waals surface area (Å²) in [7, 11) is 0. The molecule has 96 valence electrons. The van der Waals surface area contributed by atoms with Crippen molar-refractivity contribution in [3.8, 4) is 0 Å². The average molecular weight is 270 g/mol. The number of fused-ring (bicyclic) bond motifs is 3. The number of para-hydroxylation sites is 1. The van der Waals surface area contributed by atoms with Crippen molar-refractivity contribution in [1.82, 2.24) is 14.6 Å². The number of hydrogen-bond acceptors (Lipinski definition) is 4. The van der Waals surface area contributed by atoms with Crippen LogP contribution < -0.4 is 4.90 Å². The zero-order valence-corrected chi connectivity index (χ0v) is 11.5. The van der Waals surface area contributed by atoms with Crippen molar-refractivity contribution in [2.75, 3.05) is 11.4 Å². The van der Waals surface area contributed by atoms with Gasteiger partial charge in [-0.1, -0.05) is 29.5 Å². The van der Waals surface area contributed by atoms with E-state index < -0.39 is 0 Å². The van der Waals surface area contributed by atoms with Gasteiger partial charge < -0.3 is 4.90 Å². The number of benzene rings is 1. The van der Waals surface area contributed by atoms with Gasteiger partial charge in [0.25, 0.3) is 0 Å². The van der Waals surface area contributed by atoms with E-state index in [1.807, 2.05) is 11.4 Å². The van der Waals surface area contributed by atoms with Gasteiger partial charge in [0.1, 0.15) is 5.01 Å². The van der Waals surface area contributed by atoms with Crippen molar-refractivity contribution in [3.05, 3.63) is 46.7 Å². The number of rotatable bonds is 1. The minimum Gasteiger partial charge on any atom is -0.365 e. The standard InChI is InChI=1S/C14H14N4S/c1-10-16-18-13-9-17(11-5-3-2-4-6-11)8-7-12(13)15-14(18)19-10/h2-6H,7-9H2,1H3. The third-order valence-corrected chi connectivity index (χ3v) is 4.38. The second kappa shape index (κ2) is 4.06. The van der Waals surface area contributed by atoms with Gasteiger partial charge in [-0.2, -0.15) is 5.10 Å². The summed E-state index contributed by atoms with van der Waals surface area (Å²) in [5.41, 5.74) is 3.73. The van der Waals surface area contributed by atoms with Crippen LogP contribution in [0.5, 0.6) is 0 Å². The van der Waals surface area contributed by atoms with Gasteiger partial charge in [-0.25, -0.2) is 9.50 Å². The lowest BCUT2D eigenvalue weighted by molar-refractivity contribution is 0.686. The third kappa shape index (κ3) is 1.73. The van der Waals surface area contributed by atoms with E-state index in [9.17, 15) is 0 Å². The van der Waals surface area contributed by atoms with Gasteiger partial charge in [0, 0.05) is 18.7 Å². The Morgan fingerprint density at radius 1 is 1.21 bits per heavy atom. The summed E-state index contributed by atoms with van der Waals surface area (Å²) in [6.45, 7) is 3.95. The number of aryl methyl sites for hydroxylation is 1. The normalized spacial score (nSPS) is 14.9. The highest BCUT2D eigenvalue weighted by molar-refractivity contribution is 7.16. The Morgan fingerprint density at radius 3 is 2.89 bits per heavy atom. The van der Waals surface area contributed by atoms with Crippen LogP contribution in [0.25, 0.3) is 4.96 Å². The molecule has 0 bridgehead atoms. The molecule has 0 N–H and O–H groups in total. The van der Waals surface area contributed by atoms with Crippen LogP contribution in [0.15, 0.2) is 30.3 Å². The Labute approximate surface area is 115 Å². The van der Waals surface area contributed by atoms with Crippen molar-refractivity contribution >= 4 is 22.0 Å². The van der Waals surface area contributed by atoms with Crippen LogP contribution in [0.1, 0.15) is 16.4 Å². The van der Waals surface area contributed by atoms with Crippen LogP contribution in [-0.2, 0) is 13.0 Å². The van der Waals surface area contributed by atoms with Crippen LogP contribution in [0.3, 0.4) is 0 Å². The Morgan fingerprint density at radius 2 is 2.05 bits per heavy atom. The van der Waals surface area contributed by atoms with Crippen molar-refractivity contribution in [2.24, 2.45) is 0 Å². The van der Waals surface area contributed by atoms with Crippen LogP contribution in [-0.4, -0.2) is 21.1 Å². The van der Waals surface area contributed by atoms with Gasteiger partial charge in [0.15, 0.2) is 0 Å². The second-order valence-corrected chi connectivity index (χ2v) is 5.99. The maximum absolute atomic E-state index is 4.69. The fourth-order valence-electron chi connectivity index (χ4n) is 2.65. The Kier molecular flexibility index (Phi) is 2.35. The molecule has 1 aliphatic rings. The van der Waals surface area contributed by atoms with Crippen LogP contribution in [0, 0.1) is 6.92 Å². The van der Waals surface area contributed by atoms with E-state index in [0.29, 0.717) is 0 Å². The summed E-state index contributed by atoms with van der Waals surface area (Å²) in [4.78, 5) is 8.11. The predicted octanol–water partition coefficient (Wildman–Crippen LogP) is 2.66. The van der Waals surface area contributed by atoms with Gasteiger partial charge in [-0.05, 0) is 19.1 Å². The molecule has 0 saturated heterocycles. The maximum Gasteiger partial charge on any atom is 0.212 e. The summed E-state index contributed by atoms with van der Waals surface area (Å²) in [6, 6.07) is 10.6. The smallest absolute Gasteiger partial charge is 0.212 e. The molecule has 0 saturated carbocycles. The van der Waals surface area contributed by atoms with Crippen molar-refractivity contribution < 1.29 is 0 Å². The maximum atomic E-state index is 4.69. The quantitative estimate of drug-likeness (QED) is 0.681. The average Bonchev–Trinajstić information content (AvgIpc) is 2.95. The minimum absolute atomic E-state index is 0.893. The predicted molar refractivity (Wildman–Crippen MR) is 76.8 cm³/mol. The van der Waals surface area contributed by atoms with E-state index in [1.54, 1.807) is 11.3 Å². The zero-order valence-electron chi connectivity index (χ0n) is 10.7. The Balaban J connectivity index is 1.76. The highest BCUT2D eigenvalue weighted by atomic mass is 32.1. The molecule has 5 heteroatoms. The number of nitrogens with zero attached hydrogens (tertiary/aromatic N) is 4. The fourth-order valence-corrected chi connectivity index (χ4v) is 3.43. The highest BCUT2D eigenvalue weighted by Crippen LogP contribution is 2.26. The number of imidazole rings is 1. The van der Waals surface area contributed by atoms with Gasteiger partial charge >= 0.3 is 0 Å². The minimum atomic E-state index is 0.893. The fraction of sp³-hybridized carbons (Fsp3) is 0.286. The molecule has 0 unspecified atom stereocenters. The molecular weight excluding hydrogens is 256 g/mol. The van der Waals surface area contributed by atoms with Crippen molar-refractivity contribution in [1.29, 1.82) is 0 Å². The third-order valence-electron chi connectivity index (χ3n) is 3.56. The Bertz CT molecular complexity index is 729. The second-order valence-electron chi connectivity index (χ2n) is 4.83. The van der Waals surface area contributed by atoms with Gasteiger partial charge in [-0.3, -0.25) is 0 Å². The molecule has 0 amide bonds. The molecule has 19 heavy (non-hydrogen) atoms. The van der Waals surface area contributed by atoms with E-state index in [1.165, 1.54) is 17.1 Å². The lowest BCUT2D eigenvalue weighted by Gasteiger charge is -2.28. The molecule has 3 heterocycles. The highest BCUT2D eigenvalue weighted by Gasteiger charge is 2.23. The van der Waals surface area contributed by atoms with Gasteiger partial charge in [0.2, 0.25) is 4.96 Å². The van der Waals surface area contributed by atoms with Gasteiger partial charge in [-0.15, -0.1) is 0 Å². The number of anilines is 1. The van der Waals surface area contributed by atoms with E-state index in [4.69, 9.17) is 4.98 Å². The summed E-state index contributed by atoms with van der Waals surface area (Å²) in [5.74, 6) is 0. The first-order chi connectivity index (χ1) is 9.31. The molecule has 0 radical (unpaired) electrons. The van der Waals surface area contributed by atoms with Crippen molar-refractivity contribution in [3.63, 3.8) is 0 Å². The SMILES string of the molecule is Cc1nn2c3c(nc2s1)CCN(c1ccccc1)C3. The topological polar surface area (TPSA) is 33.4 Å². The summed E-state index contributed by atoms with van der Waals surface area (Å²) >= 11 is 1.66. The first-order valence-electron chi connectivity index (χ1n) is 6.45. The summed E-state index contributed by atoms with van der Waals surface area (Å²) < 4.78 is 2.02. The lowest BCUT2D eigenvalue weighted by Crippen LogP contribution is -2.31. The molecule has 0 spiro atoms. The molecular formula is C14H14N4S. The molecule has 4 nitrogen and oxygen atoms in total. The van der Waals surface area contributed by atoms with Crippen LogP contribution in [0.2, 0.25) is 0 Å². The van der Waals surface area contributed by atoms with Crippen LogP contribution >= 0.6 is 11.3 Å². The first-order valence-corrected chi connectivity index (χ1v) is 7.27. The zero-order chi connectivity index (χ0) is 12.8. The molecule has 0 aliphatic carbocycles. The number of hydrogen-bond donors (Lipinski definition) is 0.